The molecule has 2 rings (SSSR count). The average Bonchev–Trinajstić information content (AvgIpc) is 2.37. The van der Waals surface area contributed by atoms with Gasteiger partial charge in [0.2, 0.25) is 0 Å². The summed E-state index contributed by atoms with van der Waals surface area (Å²) in [7, 11) is 1.57. The molecule has 0 N–H and O–H groups in total. The van der Waals surface area contributed by atoms with Gasteiger partial charge < -0.3 is 4.74 Å². The molecule has 0 saturated heterocycles. The Morgan fingerprint density at radius 1 is 1.00 bits per heavy atom. The van der Waals surface area contributed by atoms with Gasteiger partial charge in [-0.3, -0.25) is 0 Å². The Labute approximate surface area is 145 Å². The zero-order valence-corrected chi connectivity index (χ0v) is 14.9. The van der Waals surface area contributed by atoms with Crippen molar-refractivity contribution in [2.45, 2.75) is 5.38 Å². The van der Waals surface area contributed by atoms with Crippen molar-refractivity contribution in [3.63, 3.8) is 0 Å². The number of ether oxygens (including phenoxy) is 1. The maximum absolute atomic E-state index is 6.53. The Morgan fingerprint density at radius 2 is 1.70 bits per heavy atom. The summed E-state index contributed by atoms with van der Waals surface area (Å²) in [5, 5.41) is 1.12. The first-order valence-corrected chi connectivity index (χ1v) is 7.92. The number of halogens is 5. The number of hydrogen-bond acceptors (Lipinski definition) is 1. The summed E-state index contributed by atoms with van der Waals surface area (Å²) < 4.78 is 6.11. The normalized spacial score (nSPS) is 12.3. The first kappa shape index (κ1) is 16.3. The Balaban J connectivity index is 2.55. The molecule has 1 nitrogen and oxygen atoms in total. The van der Waals surface area contributed by atoms with Crippen LogP contribution in [0.25, 0.3) is 0 Å². The zero-order chi connectivity index (χ0) is 14.9. The number of hydrogen-bond donors (Lipinski definition) is 0. The molecule has 2 aromatic rings. The minimum Gasteiger partial charge on any atom is -0.495 e. The maximum Gasteiger partial charge on any atom is 0.138 e. The van der Waals surface area contributed by atoms with Gasteiger partial charge in [-0.25, -0.2) is 0 Å². The molecule has 2 aromatic carbocycles. The van der Waals surface area contributed by atoms with Gasteiger partial charge in [0.05, 0.1) is 17.0 Å². The fourth-order valence-electron chi connectivity index (χ4n) is 1.86. The summed E-state index contributed by atoms with van der Waals surface area (Å²) in [6.45, 7) is 0. The maximum atomic E-state index is 6.53. The van der Waals surface area contributed by atoms with E-state index in [9.17, 15) is 0 Å². The Kier molecular flexibility index (Phi) is 5.49. The lowest BCUT2D eigenvalue weighted by Gasteiger charge is -2.17. The lowest BCUT2D eigenvalue weighted by molar-refractivity contribution is 0.407. The summed E-state index contributed by atoms with van der Waals surface area (Å²) in [6, 6.07) is 8.69. The molecule has 0 bridgehead atoms. The van der Waals surface area contributed by atoms with E-state index in [1.807, 2.05) is 0 Å². The van der Waals surface area contributed by atoms with Gasteiger partial charge in [0.1, 0.15) is 5.75 Å². The SMILES string of the molecule is COc1c(Br)cc(Cl)cc1C(Cl)c1ccc(Cl)cc1Cl. The van der Waals surface area contributed by atoms with E-state index in [1.54, 1.807) is 37.4 Å². The molecule has 0 amide bonds. The van der Waals surface area contributed by atoms with Crippen molar-refractivity contribution in [3.8, 4) is 5.75 Å². The lowest BCUT2D eigenvalue weighted by Crippen LogP contribution is -1.99. The van der Waals surface area contributed by atoms with Crippen molar-refractivity contribution in [1.82, 2.24) is 0 Å². The van der Waals surface area contributed by atoms with Crippen LogP contribution in [-0.2, 0) is 0 Å². The highest BCUT2D eigenvalue weighted by Crippen LogP contribution is 2.43. The quantitative estimate of drug-likeness (QED) is 0.505. The first-order chi connectivity index (χ1) is 9.43. The summed E-state index contributed by atoms with van der Waals surface area (Å²) in [5.41, 5.74) is 1.47. The molecule has 0 fully saturated rings. The second kappa shape index (κ2) is 6.76. The Hall–Kier alpha value is -0.120. The molecule has 106 valence electrons. The highest BCUT2D eigenvalue weighted by Gasteiger charge is 2.21. The highest BCUT2D eigenvalue weighted by atomic mass is 79.9. The smallest absolute Gasteiger partial charge is 0.138 e. The number of alkyl halides is 1. The third-order valence-electron chi connectivity index (χ3n) is 2.75. The molecular weight excluding hydrogens is 406 g/mol. The highest BCUT2D eigenvalue weighted by molar-refractivity contribution is 9.10. The van der Waals surface area contributed by atoms with Crippen LogP contribution in [0.15, 0.2) is 34.8 Å². The molecule has 0 radical (unpaired) electrons. The van der Waals surface area contributed by atoms with E-state index in [0.717, 1.165) is 15.6 Å². The molecule has 0 spiro atoms. The second-order valence-electron chi connectivity index (χ2n) is 4.04. The second-order valence-corrected chi connectivity index (χ2v) is 6.61. The van der Waals surface area contributed by atoms with Crippen LogP contribution in [0.1, 0.15) is 16.5 Å². The fourth-order valence-corrected chi connectivity index (χ4v) is 3.78. The summed E-state index contributed by atoms with van der Waals surface area (Å²) in [4.78, 5) is 0. The molecule has 0 aromatic heterocycles. The summed E-state index contributed by atoms with van der Waals surface area (Å²) >= 11 is 28.1. The van der Waals surface area contributed by atoms with E-state index in [4.69, 9.17) is 51.1 Å². The Bertz CT molecular complexity index is 645. The van der Waals surface area contributed by atoms with Crippen molar-refractivity contribution in [2.75, 3.05) is 7.11 Å². The minimum atomic E-state index is -0.496. The van der Waals surface area contributed by atoms with Gasteiger partial charge in [0, 0.05) is 20.6 Å². The van der Waals surface area contributed by atoms with Crippen LogP contribution < -0.4 is 4.74 Å². The van der Waals surface area contributed by atoms with E-state index >= 15 is 0 Å². The third-order valence-corrected chi connectivity index (χ3v) is 4.59. The topological polar surface area (TPSA) is 9.23 Å². The molecule has 0 aliphatic carbocycles. The van der Waals surface area contributed by atoms with Crippen LogP contribution in [0.2, 0.25) is 15.1 Å². The van der Waals surface area contributed by atoms with Crippen LogP contribution >= 0.6 is 62.3 Å². The van der Waals surface area contributed by atoms with E-state index in [-0.39, 0.29) is 0 Å². The Morgan fingerprint density at radius 3 is 2.30 bits per heavy atom. The number of methoxy groups -OCH3 is 1. The van der Waals surface area contributed by atoms with Crippen LogP contribution in [0.3, 0.4) is 0 Å². The van der Waals surface area contributed by atoms with Crippen LogP contribution in [0, 0.1) is 0 Å². The summed E-state index contributed by atoms with van der Waals surface area (Å²) in [5.74, 6) is 0.625. The summed E-state index contributed by atoms with van der Waals surface area (Å²) in [6.07, 6.45) is 0. The largest absolute Gasteiger partial charge is 0.495 e. The van der Waals surface area contributed by atoms with E-state index in [0.29, 0.717) is 20.8 Å². The van der Waals surface area contributed by atoms with Crippen molar-refractivity contribution in [3.05, 3.63) is 61.0 Å². The lowest BCUT2D eigenvalue weighted by atomic mass is 10.0. The number of benzene rings is 2. The molecule has 0 aliphatic rings. The van der Waals surface area contributed by atoms with Crippen molar-refractivity contribution in [1.29, 1.82) is 0 Å². The standard InChI is InChI=1S/C14H9BrCl4O/c1-20-14-10(4-8(17)5-11(14)15)13(19)9-3-2-7(16)6-12(9)18/h2-6,13H,1H3. The van der Waals surface area contributed by atoms with Gasteiger partial charge in [-0.05, 0) is 45.8 Å². The zero-order valence-electron chi connectivity index (χ0n) is 10.3. The van der Waals surface area contributed by atoms with Crippen molar-refractivity contribution < 1.29 is 4.74 Å². The van der Waals surface area contributed by atoms with E-state index in [1.165, 1.54) is 0 Å². The molecule has 0 aliphatic heterocycles. The third kappa shape index (κ3) is 3.37. The first-order valence-electron chi connectivity index (χ1n) is 5.56. The van der Waals surface area contributed by atoms with E-state index < -0.39 is 5.38 Å². The molecule has 20 heavy (non-hydrogen) atoms. The van der Waals surface area contributed by atoms with Crippen molar-refractivity contribution >= 4 is 62.3 Å². The predicted octanol–water partition coefficient (Wildman–Crippen LogP) is 6.75. The molecule has 0 saturated carbocycles. The van der Waals surface area contributed by atoms with Gasteiger partial charge in [0.15, 0.2) is 0 Å². The van der Waals surface area contributed by atoms with Gasteiger partial charge in [-0.2, -0.15) is 0 Å². The van der Waals surface area contributed by atoms with Crippen LogP contribution in [0.5, 0.6) is 5.75 Å². The predicted molar refractivity (Wildman–Crippen MR) is 89.9 cm³/mol. The van der Waals surface area contributed by atoms with E-state index in [2.05, 4.69) is 15.9 Å². The molecule has 1 unspecified atom stereocenters. The molecule has 0 heterocycles. The minimum absolute atomic E-state index is 0.496. The molecular formula is C14H9BrCl4O. The van der Waals surface area contributed by atoms with Gasteiger partial charge >= 0.3 is 0 Å². The van der Waals surface area contributed by atoms with Gasteiger partial charge in [-0.1, -0.05) is 40.9 Å². The number of rotatable bonds is 3. The fraction of sp³-hybridized carbons (Fsp3) is 0.143. The van der Waals surface area contributed by atoms with Gasteiger partial charge in [0.25, 0.3) is 0 Å². The monoisotopic (exact) mass is 412 g/mol. The van der Waals surface area contributed by atoms with Crippen molar-refractivity contribution in [2.24, 2.45) is 0 Å². The molecule has 1 atom stereocenters. The molecule has 6 heteroatoms. The average molecular weight is 415 g/mol. The van der Waals surface area contributed by atoms with Crippen LogP contribution in [0.4, 0.5) is 0 Å². The van der Waals surface area contributed by atoms with Gasteiger partial charge in [-0.15, -0.1) is 11.6 Å². The van der Waals surface area contributed by atoms with Crippen LogP contribution in [-0.4, -0.2) is 7.11 Å².